The maximum Gasteiger partial charge on any atom is 0.331 e. The van der Waals surface area contributed by atoms with Crippen LogP contribution in [0.4, 0.5) is 11.9 Å². The fourth-order valence-corrected chi connectivity index (χ4v) is 6.88. The average Bonchev–Trinajstić information content (AvgIpc) is 3.55. The molecule has 0 spiro atoms. The Morgan fingerprint density at radius 2 is 1.53 bits per heavy atom. The number of ether oxygens (including phenoxy) is 1. The minimum Gasteiger partial charge on any atom is -0.491 e. The fourth-order valence-electron chi connectivity index (χ4n) is 6.88. The largest absolute Gasteiger partial charge is 0.491 e. The summed E-state index contributed by atoms with van der Waals surface area (Å²) in [5.74, 6) is -0.724. The number of hydrogen-bond donors (Lipinski definition) is 4. The number of nitrogens with two attached hydrogens (primary N) is 2. The van der Waals surface area contributed by atoms with Crippen molar-refractivity contribution in [2.24, 2.45) is 17.4 Å². The van der Waals surface area contributed by atoms with Crippen LogP contribution in [-0.4, -0.2) is 73.9 Å². The first-order valence-corrected chi connectivity index (χ1v) is 17.9. The van der Waals surface area contributed by atoms with Crippen molar-refractivity contribution in [1.29, 1.82) is 0 Å². The minimum absolute atomic E-state index is 0.114. The van der Waals surface area contributed by atoms with Crippen molar-refractivity contribution < 1.29 is 28.5 Å². The van der Waals surface area contributed by atoms with Crippen LogP contribution in [-0.2, 0) is 26.2 Å². The summed E-state index contributed by atoms with van der Waals surface area (Å²) in [4.78, 5) is 67.4. The molecule has 0 atom stereocenters. The standard InChI is InChI=1S/C36H38N14O5/c1-5-48-28-26(18(3)44-48)50-19(4)45-49(6-2)34(50)33(54)43-36-41-24-14-22(30(38)52)16-39-31(24)47(36)12-8-7-11-46-27-23(40-35(46)42-32(28)53)13-21(29(37)51)15-25(27)55-17-20-9-10-20/h7-8,13-16,20H,5-6,9-12,17H2,1-4H3,(H5-,37,38,40,41,42,43,51,52,53,54)/p+1/b8-7+. The van der Waals surface area contributed by atoms with E-state index in [-0.39, 0.29) is 47.6 Å². The van der Waals surface area contributed by atoms with Gasteiger partial charge < -0.3 is 20.8 Å². The highest BCUT2D eigenvalue weighted by atomic mass is 16.5. The molecule has 1 aromatic carbocycles. The number of carbonyl (C=O) groups is 4. The Labute approximate surface area is 313 Å². The molecule has 19 heteroatoms. The average molecular weight is 748 g/mol. The number of aromatic nitrogens is 10. The van der Waals surface area contributed by atoms with E-state index in [1.807, 2.05) is 26.0 Å². The lowest BCUT2D eigenvalue weighted by molar-refractivity contribution is -0.606. The molecule has 6 heterocycles. The van der Waals surface area contributed by atoms with Crippen LogP contribution < -0.4 is 31.4 Å². The number of nitrogens with zero attached hydrogens (tertiary/aromatic N) is 10. The zero-order valence-electron chi connectivity index (χ0n) is 30.7. The van der Waals surface area contributed by atoms with Crippen molar-refractivity contribution in [3.63, 3.8) is 0 Å². The quantitative estimate of drug-likeness (QED) is 0.137. The summed E-state index contributed by atoms with van der Waals surface area (Å²) in [6, 6.07) is 4.69. The topological polar surface area (TPSA) is 242 Å². The highest BCUT2D eigenvalue weighted by Crippen LogP contribution is 2.35. The van der Waals surface area contributed by atoms with Gasteiger partial charge in [-0.15, -0.1) is 4.68 Å². The third kappa shape index (κ3) is 6.12. The Hall–Kier alpha value is -6.92. The van der Waals surface area contributed by atoms with Crippen LogP contribution in [0.25, 0.3) is 27.9 Å². The van der Waals surface area contributed by atoms with E-state index in [0.29, 0.717) is 70.8 Å². The van der Waals surface area contributed by atoms with E-state index < -0.39 is 23.6 Å². The van der Waals surface area contributed by atoms with Gasteiger partial charge in [0, 0.05) is 43.4 Å². The van der Waals surface area contributed by atoms with Gasteiger partial charge in [0.2, 0.25) is 23.7 Å². The monoisotopic (exact) mass is 747 g/mol. The van der Waals surface area contributed by atoms with Crippen LogP contribution in [0.5, 0.6) is 5.75 Å². The fraction of sp³-hybridized carbons (Fsp3) is 0.333. The molecule has 0 radical (unpaired) electrons. The molecule has 1 aliphatic carbocycles. The second kappa shape index (κ2) is 13.5. The number of nitrogens with one attached hydrogen (secondary N) is 2. The van der Waals surface area contributed by atoms with Gasteiger partial charge in [0.15, 0.2) is 17.0 Å². The summed E-state index contributed by atoms with van der Waals surface area (Å²) < 4.78 is 14.5. The van der Waals surface area contributed by atoms with Crippen LogP contribution in [0.3, 0.4) is 0 Å². The summed E-state index contributed by atoms with van der Waals surface area (Å²) in [6.45, 7) is 8.70. The molecule has 6 N–H and O–H groups in total. The first-order chi connectivity index (χ1) is 26.5. The van der Waals surface area contributed by atoms with Gasteiger partial charge >= 0.3 is 11.7 Å². The molecule has 8 rings (SSSR count). The van der Waals surface area contributed by atoms with Gasteiger partial charge in [0.25, 0.3) is 11.7 Å². The number of imidazole rings is 2. The number of amides is 4. The number of benzene rings is 1. The summed E-state index contributed by atoms with van der Waals surface area (Å²) in [6.07, 6.45) is 7.17. The molecule has 19 nitrogen and oxygen atoms in total. The van der Waals surface area contributed by atoms with Gasteiger partial charge in [-0.25, -0.2) is 15.0 Å². The summed E-state index contributed by atoms with van der Waals surface area (Å²) in [5, 5.41) is 15.3. The SMILES string of the molecule is CCn1nc(C)c2c1C(=O)Nc1nc3cc(C(N)=O)cc(OCC4CC4)c3n1C/C=C/Cn1c(nc3cc(C(N)=O)cnc31)NC(=O)c1n(CC)nc(C)[n+]1-2. The van der Waals surface area contributed by atoms with Gasteiger partial charge in [-0.05, 0) is 57.7 Å². The van der Waals surface area contributed by atoms with Gasteiger partial charge in [-0.1, -0.05) is 12.2 Å². The second-order valence-corrected chi connectivity index (χ2v) is 13.5. The number of rotatable bonds is 7. The Kier molecular flexibility index (Phi) is 8.62. The molecular weight excluding hydrogens is 708 g/mol. The predicted molar refractivity (Wildman–Crippen MR) is 198 cm³/mol. The number of fused-ring (bicyclic) bond motifs is 9. The molecule has 1 saturated carbocycles. The minimum atomic E-state index is -0.669. The van der Waals surface area contributed by atoms with E-state index in [1.54, 1.807) is 44.4 Å². The molecule has 1 fully saturated rings. The van der Waals surface area contributed by atoms with Crippen molar-refractivity contribution in [1.82, 2.24) is 43.6 Å². The number of anilines is 2. The van der Waals surface area contributed by atoms with Crippen LogP contribution >= 0.6 is 0 Å². The van der Waals surface area contributed by atoms with Crippen molar-refractivity contribution in [3.8, 4) is 11.4 Å². The van der Waals surface area contributed by atoms with E-state index in [1.165, 1.54) is 16.9 Å². The molecule has 5 aromatic heterocycles. The van der Waals surface area contributed by atoms with Crippen molar-refractivity contribution >= 4 is 57.7 Å². The molecule has 4 amide bonds. The molecule has 0 saturated heterocycles. The number of allylic oxidation sites excluding steroid dienone is 2. The number of carbonyl (C=O) groups excluding carboxylic acids is 4. The molecule has 282 valence electrons. The van der Waals surface area contributed by atoms with Crippen LogP contribution in [0.1, 0.15) is 80.0 Å². The van der Waals surface area contributed by atoms with Crippen molar-refractivity contribution in [2.45, 2.75) is 66.7 Å². The summed E-state index contributed by atoms with van der Waals surface area (Å²) in [7, 11) is 0. The smallest absolute Gasteiger partial charge is 0.331 e. The van der Waals surface area contributed by atoms with Crippen molar-refractivity contribution in [3.05, 3.63) is 70.7 Å². The van der Waals surface area contributed by atoms with E-state index in [0.717, 1.165) is 12.8 Å². The first-order valence-electron chi connectivity index (χ1n) is 17.9. The Morgan fingerprint density at radius 3 is 2.22 bits per heavy atom. The van der Waals surface area contributed by atoms with Gasteiger partial charge in [0.1, 0.15) is 23.3 Å². The normalized spacial score (nSPS) is 15.2. The molecule has 0 unspecified atom stereocenters. The number of primary amides is 2. The zero-order valence-corrected chi connectivity index (χ0v) is 30.7. The molecular formula is C36H39N14O5+. The van der Waals surface area contributed by atoms with Crippen LogP contribution in [0, 0.1) is 19.8 Å². The maximum atomic E-state index is 14.6. The third-order valence-electron chi connectivity index (χ3n) is 9.71. The van der Waals surface area contributed by atoms with E-state index in [2.05, 4.69) is 25.7 Å². The van der Waals surface area contributed by atoms with Gasteiger partial charge in [-0.3, -0.25) is 39.1 Å². The van der Waals surface area contributed by atoms with Crippen LogP contribution in [0.2, 0.25) is 0 Å². The maximum absolute atomic E-state index is 14.6. The Morgan fingerprint density at radius 1 is 0.873 bits per heavy atom. The Balaban J connectivity index is 1.37. The number of pyridine rings is 1. The summed E-state index contributed by atoms with van der Waals surface area (Å²) >= 11 is 0. The number of aryl methyl sites for hydroxylation is 4. The lowest BCUT2D eigenvalue weighted by Gasteiger charge is -2.14. The third-order valence-corrected chi connectivity index (χ3v) is 9.71. The first kappa shape index (κ1) is 35.1. The molecule has 0 bridgehead atoms. The second-order valence-electron chi connectivity index (χ2n) is 13.5. The predicted octanol–water partition coefficient (Wildman–Crippen LogP) is 2.17. The lowest BCUT2D eigenvalue weighted by Crippen LogP contribution is -2.44. The van der Waals surface area contributed by atoms with Gasteiger partial charge in [0.05, 0.1) is 23.4 Å². The zero-order chi connectivity index (χ0) is 38.7. The van der Waals surface area contributed by atoms with E-state index in [4.69, 9.17) is 26.3 Å². The van der Waals surface area contributed by atoms with E-state index in [9.17, 15) is 19.2 Å². The molecule has 1 aliphatic heterocycles. The molecule has 55 heavy (non-hydrogen) atoms. The summed E-state index contributed by atoms with van der Waals surface area (Å²) in [5.41, 5.74) is 14.3. The highest BCUT2D eigenvalue weighted by molar-refractivity contribution is 6.06. The number of hydrogen-bond acceptors (Lipinski definition) is 10. The van der Waals surface area contributed by atoms with Crippen molar-refractivity contribution in [2.75, 3.05) is 17.2 Å². The highest BCUT2D eigenvalue weighted by Gasteiger charge is 2.37. The molecule has 6 aromatic rings. The van der Waals surface area contributed by atoms with E-state index >= 15 is 0 Å². The molecule has 2 aliphatic rings. The lowest BCUT2D eigenvalue weighted by atomic mass is 10.1. The van der Waals surface area contributed by atoms with Crippen LogP contribution in [0.15, 0.2) is 36.5 Å². The Bertz CT molecular complexity index is 2620. The van der Waals surface area contributed by atoms with Gasteiger partial charge in [-0.2, -0.15) is 9.67 Å².